The van der Waals surface area contributed by atoms with Gasteiger partial charge in [0.15, 0.2) is 14.6 Å². The molecule has 0 bridgehead atoms. The van der Waals surface area contributed by atoms with Gasteiger partial charge in [0.25, 0.3) is 0 Å². The van der Waals surface area contributed by atoms with E-state index in [1.165, 1.54) is 11.8 Å². The molecule has 26 heavy (non-hydrogen) atoms. The minimum atomic E-state index is -3.45. The van der Waals surface area contributed by atoms with Crippen LogP contribution in [0, 0.1) is 5.41 Å². The van der Waals surface area contributed by atoms with Crippen molar-refractivity contribution >= 4 is 15.7 Å². The maximum Gasteiger partial charge on any atom is 0.244 e. The maximum atomic E-state index is 13.3. The molecular weight excluding hydrogens is 348 g/mol. The summed E-state index contributed by atoms with van der Waals surface area (Å²) in [5.74, 6) is -0.176. The first-order valence-corrected chi connectivity index (χ1v) is 11.4. The van der Waals surface area contributed by atoms with Crippen molar-refractivity contribution in [2.45, 2.75) is 43.8 Å². The van der Waals surface area contributed by atoms with Gasteiger partial charge in [0.2, 0.25) is 5.91 Å². The molecule has 3 rings (SSSR count). The van der Waals surface area contributed by atoms with Crippen molar-refractivity contribution in [3.8, 4) is 0 Å². The van der Waals surface area contributed by atoms with E-state index in [2.05, 4.69) is 36.5 Å². The number of nitrogens with zero attached hydrogens (tertiary/aromatic N) is 1. The van der Waals surface area contributed by atoms with E-state index in [1.807, 2.05) is 11.0 Å². The summed E-state index contributed by atoms with van der Waals surface area (Å²) in [6.07, 6.45) is 4.91. The predicted octanol–water partition coefficient (Wildman–Crippen LogP) is 2.02. The Morgan fingerprint density at radius 3 is 2.42 bits per heavy atom. The predicted molar refractivity (Wildman–Crippen MR) is 104 cm³/mol. The van der Waals surface area contributed by atoms with Crippen LogP contribution in [0.1, 0.15) is 38.2 Å². The lowest BCUT2D eigenvalue weighted by Gasteiger charge is -2.37. The quantitative estimate of drug-likeness (QED) is 0.851. The molecule has 2 aliphatic rings. The number of rotatable bonds is 5. The van der Waals surface area contributed by atoms with Crippen molar-refractivity contribution in [1.82, 2.24) is 10.2 Å². The number of hydrogen-bond acceptors (Lipinski definition) is 4. The summed E-state index contributed by atoms with van der Waals surface area (Å²) in [6, 6.07) is 10.4. The number of hydrogen-bond donors (Lipinski definition) is 1. The molecule has 0 saturated carbocycles. The van der Waals surface area contributed by atoms with Gasteiger partial charge < -0.3 is 10.2 Å². The van der Waals surface area contributed by atoms with Gasteiger partial charge in [-0.25, -0.2) is 8.42 Å². The van der Waals surface area contributed by atoms with Gasteiger partial charge in [-0.05, 0) is 56.2 Å². The van der Waals surface area contributed by atoms with E-state index >= 15 is 0 Å². The summed E-state index contributed by atoms with van der Waals surface area (Å²) >= 11 is 0. The van der Waals surface area contributed by atoms with Crippen LogP contribution in [0.15, 0.2) is 30.3 Å². The fraction of sp³-hybridized carbons (Fsp3) is 0.650. The molecule has 0 aliphatic carbocycles. The van der Waals surface area contributed by atoms with Crippen LogP contribution in [0.2, 0.25) is 0 Å². The van der Waals surface area contributed by atoms with Crippen LogP contribution in [-0.2, 0) is 21.1 Å². The number of likely N-dealkylation sites (tertiary alicyclic amines) is 1. The first-order valence-electron chi connectivity index (χ1n) is 9.50. The SMILES string of the molecule is CC1(CCc2ccccc2)CCN(C(=O)C2(S(C)(=O)=O)CCNCC2)C1. The van der Waals surface area contributed by atoms with Gasteiger partial charge in [0.1, 0.15) is 0 Å². The Kier molecular flexibility index (Phi) is 5.45. The number of aryl methyl sites for hydroxylation is 1. The van der Waals surface area contributed by atoms with Crippen molar-refractivity contribution < 1.29 is 13.2 Å². The molecule has 2 aliphatic heterocycles. The third kappa shape index (κ3) is 3.81. The molecule has 0 radical (unpaired) electrons. The Morgan fingerprint density at radius 2 is 1.81 bits per heavy atom. The van der Waals surface area contributed by atoms with Gasteiger partial charge in [-0.1, -0.05) is 37.3 Å². The molecule has 1 amide bonds. The number of benzene rings is 1. The Bertz CT molecular complexity index is 742. The Morgan fingerprint density at radius 1 is 1.15 bits per heavy atom. The minimum Gasteiger partial charge on any atom is -0.341 e. The fourth-order valence-corrected chi connectivity index (χ4v) is 5.75. The van der Waals surface area contributed by atoms with Crippen molar-refractivity contribution in [1.29, 1.82) is 0 Å². The third-order valence-corrected chi connectivity index (χ3v) is 8.22. The van der Waals surface area contributed by atoms with Gasteiger partial charge in [0, 0.05) is 19.3 Å². The largest absolute Gasteiger partial charge is 0.341 e. The van der Waals surface area contributed by atoms with E-state index in [0.717, 1.165) is 19.3 Å². The lowest BCUT2D eigenvalue weighted by Crippen LogP contribution is -2.58. The van der Waals surface area contributed by atoms with E-state index in [0.29, 0.717) is 39.0 Å². The number of sulfone groups is 1. The van der Waals surface area contributed by atoms with Crippen LogP contribution in [-0.4, -0.2) is 56.4 Å². The molecule has 6 heteroatoms. The highest BCUT2D eigenvalue weighted by Gasteiger charge is 2.52. The van der Waals surface area contributed by atoms with Gasteiger partial charge in [0.05, 0.1) is 0 Å². The average Bonchev–Trinajstić information content (AvgIpc) is 3.02. The standard InChI is InChI=1S/C20H30N2O3S/c1-19(9-8-17-6-4-3-5-7-17)12-15-22(16-19)18(23)20(26(2,24)25)10-13-21-14-11-20/h3-7,21H,8-16H2,1-2H3. The zero-order valence-electron chi connectivity index (χ0n) is 15.8. The second-order valence-electron chi connectivity index (χ2n) is 8.29. The molecule has 0 spiro atoms. The van der Waals surface area contributed by atoms with Gasteiger partial charge in [-0.15, -0.1) is 0 Å². The lowest BCUT2D eigenvalue weighted by molar-refractivity contribution is -0.134. The highest BCUT2D eigenvalue weighted by molar-refractivity contribution is 7.92. The molecule has 2 saturated heterocycles. The first kappa shape index (κ1) is 19.4. The number of amides is 1. The minimum absolute atomic E-state index is 0.0527. The number of carbonyl (C=O) groups is 1. The lowest BCUT2D eigenvalue weighted by atomic mass is 9.83. The van der Waals surface area contributed by atoms with Crippen molar-refractivity contribution in [3.05, 3.63) is 35.9 Å². The summed E-state index contributed by atoms with van der Waals surface area (Å²) < 4.78 is 23.8. The molecule has 0 aromatic heterocycles. The second-order valence-corrected chi connectivity index (χ2v) is 10.6. The van der Waals surface area contributed by atoms with Crippen LogP contribution >= 0.6 is 0 Å². The molecule has 1 aromatic carbocycles. The molecule has 2 heterocycles. The molecule has 2 fully saturated rings. The molecule has 144 valence electrons. The zero-order chi connectivity index (χ0) is 18.8. The van der Waals surface area contributed by atoms with Crippen molar-refractivity contribution in [2.75, 3.05) is 32.4 Å². The third-order valence-electron chi connectivity index (χ3n) is 6.22. The number of nitrogens with one attached hydrogen (secondary N) is 1. The smallest absolute Gasteiger partial charge is 0.244 e. The van der Waals surface area contributed by atoms with Gasteiger partial charge in [-0.2, -0.15) is 0 Å². The number of piperidine rings is 1. The van der Waals surface area contributed by atoms with Crippen LogP contribution in [0.25, 0.3) is 0 Å². The highest BCUT2D eigenvalue weighted by atomic mass is 32.2. The second kappa shape index (κ2) is 7.31. The fourth-order valence-electron chi connectivity index (χ4n) is 4.35. The zero-order valence-corrected chi connectivity index (χ0v) is 16.6. The highest BCUT2D eigenvalue weighted by Crippen LogP contribution is 2.38. The monoisotopic (exact) mass is 378 g/mol. The molecule has 1 atom stereocenters. The Labute approximate surface area is 157 Å². The summed E-state index contributed by atoms with van der Waals surface area (Å²) in [4.78, 5) is 15.1. The summed E-state index contributed by atoms with van der Waals surface area (Å²) in [5.41, 5.74) is 1.36. The normalized spacial score (nSPS) is 26.0. The molecule has 1 N–H and O–H groups in total. The molecule has 1 aromatic rings. The van der Waals surface area contributed by atoms with Crippen molar-refractivity contribution in [3.63, 3.8) is 0 Å². The van der Waals surface area contributed by atoms with E-state index in [4.69, 9.17) is 0 Å². The van der Waals surface area contributed by atoms with E-state index in [9.17, 15) is 13.2 Å². The summed E-state index contributed by atoms with van der Waals surface area (Å²) in [7, 11) is -3.45. The molecule has 5 nitrogen and oxygen atoms in total. The number of carbonyl (C=O) groups excluding carboxylic acids is 1. The Balaban J connectivity index is 1.69. The van der Waals surface area contributed by atoms with Crippen LogP contribution in [0.5, 0.6) is 0 Å². The van der Waals surface area contributed by atoms with Gasteiger partial charge >= 0.3 is 0 Å². The van der Waals surface area contributed by atoms with Crippen LogP contribution in [0.3, 0.4) is 0 Å². The molecular formula is C20H30N2O3S. The van der Waals surface area contributed by atoms with Crippen molar-refractivity contribution in [2.24, 2.45) is 5.41 Å². The Hall–Kier alpha value is -1.40. The first-order chi connectivity index (χ1) is 12.3. The van der Waals surface area contributed by atoms with E-state index in [1.54, 1.807) is 0 Å². The average molecular weight is 379 g/mol. The van der Waals surface area contributed by atoms with E-state index < -0.39 is 14.6 Å². The van der Waals surface area contributed by atoms with E-state index in [-0.39, 0.29) is 11.3 Å². The topological polar surface area (TPSA) is 66.5 Å². The summed E-state index contributed by atoms with van der Waals surface area (Å²) in [6.45, 7) is 4.70. The van der Waals surface area contributed by atoms with Crippen LogP contribution in [0.4, 0.5) is 0 Å². The molecule has 1 unspecified atom stereocenters. The van der Waals surface area contributed by atoms with Crippen LogP contribution < -0.4 is 5.32 Å². The van der Waals surface area contributed by atoms with Gasteiger partial charge in [-0.3, -0.25) is 4.79 Å². The maximum absolute atomic E-state index is 13.3. The summed E-state index contributed by atoms with van der Waals surface area (Å²) in [5, 5.41) is 3.18.